The van der Waals surface area contributed by atoms with E-state index in [0.29, 0.717) is 53.8 Å². The fraction of sp³-hybridized carbons (Fsp3) is 0.481. The topological polar surface area (TPSA) is 68.3 Å². The third-order valence-electron chi connectivity index (χ3n) is 6.80. The van der Waals surface area contributed by atoms with Crippen molar-refractivity contribution < 1.29 is 23.8 Å². The van der Waals surface area contributed by atoms with Crippen molar-refractivity contribution >= 4 is 23.4 Å². The van der Waals surface area contributed by atoms with Gasteiger partial charge in [-0.3, -0.25) is 9.59 Å². The summed E-state index contributed by atoms with van der Waals surface area (Å²) in [5.41, 5.74) is 0.499. The van der Waals surface area contributed by atoms with Crippen LogP contribution in [0.25, 0.3) is 0 Å². The normalized spacial score (nSPS) is 20.3. The van der Waals surface area contributed by atoms with Gasteiger partial charge in [0.25, 0.3) is 5.91 Å². The third-order valence-corrected chi connectivity index (χ3v) is 7.05. The Bertz CT molecular complexity index is 1000. The molecule has 0 saturated carbocycles. The first-order chi connectivity index (χ1) is 17.0. The van der Waals surface area contributed by atoms with Gasteiger partial charge < -0.3 is 24.0 Å². The minimum Gasteiger partial charge on any atom is -0.497 e. The van der Waals surface area contributed by atoms with Gasteiger partial charge in [0, 0.05) is 61.6 Å². The molecule has 0 aliphatic carbocycles. The number of nitrogens with zero attached hydrogens (tertiary/aromatic N) is 2. The molecular weight excluding hydrogens is 468 g/mol. The van der Waals surface area contributed by atoms with Gasteiger partial charge in [-0.25, -0.2) is 0 Å². The minimum absolute atomic E-state index is 0.109. The molecule has 2 aliphatic heterocycles. The predicted molar refractivity (Wildman–Crippen MR) is 134 cm³/mol. The average molecular weight is 501 g/mol. The SMILES string of the molecule is COc1cc(OC)cc(C(=O)N2CC[C@H](Oc3ccc(Cl)cc3)[C@@H](CC(=O)N3CCCCC3)C2)c1. The third kappa shape index (κ3) is 6.40. The van der Waals surface area contributed by atoms with E-state index in [4.69, 9.17) is 25.8 Å². The molecule has 8 heteroatoms. The minimum atomic E-state index is -0.172. The molecule has 2 atom stereocenters. The predicted octanol–water partition coefficient (Wildman–Crippen LogP) is 4.67. The number of carbonyl (C=O) groups is 2. The van der Waals surface area contributed by atoms with Gasteiger partial charge in [-0.1, -0.05) is 11.6 Å². The van der Waals surface area contributed by atoms with E-state index in [0.717, 1.165) is 25.9 Å². The molecular formula is C27H33ClN2O5. The number of carbonyl (C=O) groups excluding carboxylic acids is 2. The second-order valence-corrected chi connectivity index (χ2v) is 9.59. The Kier molecular flexibility index (Phi) is 8.39. The number of ether oxygens (including phenoxy) is 3. The van der Waals surface area contributed by atoms with Gasteiger partial charge >= 0.3 is 0 Å². The van der Waals surface area contributed by atoms with Crippen molar-refractivity contribution in [1.29, 1.82) is 0 Å². The monoisotopic (exact) mass is 500 g/mol. The first kappa shape index (κ1) is 25.2. The summed E-state index contributed by atoms with van der Waals surface area (Å²) in [4.78, 5) is 30.3. The lowest BCUT2D eigenvalue weighted by Gasteiger charge is -2.39. The molecule has 0 bridgehead atoms. The maximum atomic E-state index is 13.4. The van der Waals surface area contributed by atoms with E-state index >= 15 is 0 Å². The summed E-state index contributed by atoms with van der Waals surface area (Å²) in [6, 6.07) is 12.4. The fourth-order valence-corrected chi connectivity index (χ4v) is 4.97. The lowest BCUT2D eigenvalue weighted by atomic mass is 9.90. The Morgan fingerprint density at radius 3 is 2.17 bits per heavy atom. The Labute approximate surface area is 211 Å². The number of piperidine rings is 2. The maximum absolute atomic E-state index is 13.4. The molecule has 2 aliphatic rings. The second-order valence-electron chi connectivity index (χ2n) is 9.16. The highest BCUT2D eigenvalue weighted by Gasteiger charge is 2.36. The summed E-state index contributed by atoms with van der Waals surface area (Å²) in [5.74, 6) is 1.74. The number of hydrogen-bond acceptors (Lipinski definition) is 5. The average Bonchev–Trinajstić information content (AvgIpc) is 2.90. The van der Waals surface area contributed by atoms with Crippen LogP contribution in [0.2, 0.25) is 5.02 Å². The molecule has 0 spiro atoms. The molecule has 0 radical (unpaired) electrons. The fourth-order valence-electron chi connectivity index (χ4n) is 4.84. The number of hydrogen-bond donors (Lipinski definition) is 0. The van der Waals surface area contributed by atoms with E-state index in [-0.39, 0.29) is 23.8 Å². The highest BCUT2D eigenvalue weighted by Crippen LogP contribution is 2.30. The number of benzene rings is 2. The number of methoxy groups -OCH3 is 2. The molecule has 2 aromatic rings. The molecule has 0 unspecified atom stereocenters. The zero-order chi connectivity index (χ0) is 24.8. The van der Waals surface area contributed by atoms with E-state index in [9.17, 15) is 9.59 Å². The number of amides is 2. The smallest absolute Gasteiger partial charge is 0.254 e. The molecule has 188 valence electrons. The largest absolute Gasteiger partial charge is 0.497 e. The number of rotatable bonds is 7. The Morgan fingerprint density at radius 2 is 1.54 bits per heavy atom. The molecule has 4 rings (SSSR count). The van der Waals surface area contributed by atoms with Crippen molar-refractivity contribution in [3.63, 3.8) is 0 Å². The van der Waals surface area contributed by atoms with E-state index in [1.807, 2.05) is 21.9 Å². The van der Waals surface area contributed by atoms with Crippen LogP contribution in [0.15, 0.2) is 42.5 Å². The second kappa shape index (κ2) is 11.7. The molecule has 2 fully saturated rings. The lowest BCUT2D eigenvalue weighted by Crippen LogP contribution is -2.50. The summed E-state index contributed by atoms with van der Waals surface area (Å²) in [7, 11) is 3.12. The lowest BCUT2D eigenvalue weighted by molar-refractivity contribution is -0.134. The molecule has 7 nitrogen and oxygen atoms in total. The first-order valence-corrected chi connectivity index (χ1v) is 12.6. The van der Waals surface area contributed by atoms with Crippen LogP contribution in [-0.4, -0.2) is 68.1 Å². The van der Waals surface area contributed by atoms with Gasteiger partial charge in [0.15, 0.2) is 0 Å². The Hall–Kier alpha value is -2.93. The van der Waals surface area contributed by atoms with Crippen LogP contribution >= 0.6 is 11.6 Å². The molecule has 2 saturated heterocycles. The summed E-state index contributed by atoms with van der Waals surface area (Å²) in [6.45, 7) is 2.59. The van der Waals surface area contributed by atoms with Gasteiger partial charge in [-0.05, 0) is 55.7 Å². The maximum Gasteiger partial charge on any atom is 0.254 e. The molecule has 2 heterocycles. The van der Waals surface area contributed by atoms with Crippen LogP contribution in [0.3, 0.4) is 0 Å². The zero-order valence-electron chi connectivity index (χ0n) is 20.4. The quantitative estimate of drug-likeness (QED) is 0.552. The van der Waals surface area contributed by atoms with Crippen LogP contribution < -0.4 is 14.2 Å². The first-order valence-electron chi connectivity index (χ1n) is 12.2. The van der Waals surface area contributed by atoms with Crippen molar-refractivity contribution in [2.24, 2.45) is 5.92 Å². The summed E-state index contributed by atoms with van der Waals surface area (Å²) < 4.78 is 17.0. The standard InChI is InChI=1S/C27H33ClN2O5/c1-33-23-14-19(15-24(17-23)34-2)27(32)30-13-10-25(35-22-8-6-21(28)7-9-22)20(18-30)16-26(31)29-11-4-3-5-12-29/h6-9,14-15,17,20,25H,3-5,10-13,16,18H2,1-2H3/t20-,25-/m0/s1. The summed E-state index contributed by atoms with van der Waals surface area (Å²) in [5, 5.41) is 0.642. The van der Waals surface area contributed by atoms with Gasteiger partial charge in [0.1, 0.15) is 23.4 Å². The van der Waals surface area contributed by atoms with Gasteiger partial charge in [-0.2, -0.15) is 0 Å². The molecule has 35 heavy (non-hydrogen) atoms. The van der Waals surface area contributed by atoms with Crippen molar-refractivity contribution in [1.82, 2.24) is 9.80 Å². The van der Waals surface area contributed by atoms with E-state index in [1.54, 1.807) is 44.6 Å². The van der Waals surface area contributed by atoms with E-state index < -0.39 is 0 Å². The van der Waals surface area contributed by atoms with Gasteiger partial charge in [0.05, 0.1) is 14.2 Å². The molecule has 2 aromatic carbocycles. The summed E-state index contributed by atoms with van der Waals surface area (Å²) >= 11 is 6.03. The van der Waals surface area contributed by atoms with Crippen molar-refractivity contribution in [3.8, 4) is 17.2 Å². The van der Waals surface area contributed by atoms with Crippen molar-refractivity contribution in [2.45, 2.75) is 38.2 Å². The van der Waals surface area contributed by atoms with E-state index in [1.165, 1.54) is 6.42 Å². The number of halogens is 1. The highest BCUT2D eigenvalue weighted by atomic mass is 35.5. The van der Waals surface area contributed by atoms with Crippen LogP contribution in [0.1, 0.15) is 42.5 Å². The molecule has 2 amide bonds. The van der Waals surface area contributed by atoms with Crippen molar-refractivity contribution in [3.05, 3.63) is 53.1 Å². The Morgan fingerprint density at radius 1 is 0.886 bits per heavy atom. The van der Waals surface area contributed by atoms with Gasteiger partial charge in [0.2, 0.25) is 5.91 Å². The molecule has 0 N–H and O–H groups in total. The Balaban J connectivity index is 1.52. The highest BCUT2D eigenvalue weighted by molar-refractivity contribution is 6.30. The van der Waals surface area contributed by atoms with Crippen LogP contribution in [-0.2, 0) is 4.79 Å². The van der Waals surface area contributed by atoms with Gasteiger partial charge in [-0.15, -0.1) is 0 Å². The van der Waals surface area contributed by atoms with Crippen molar-refractivity contribution in [2.75, 3.05) is 40.4 Å². The summed E-state index contributed by atoms with van der Waals surface area (Å²) in [6.07, 6.45) is 4.07. The molecule has 0 aromatic heterocycles. The number of likely N-dealkylation sites (tertiary alicyclic amines) is 2. The van der Waals surface area contributed by atoms with Crippen LogP contribution in [0.5, 0.6) is 17.2 Å². The van der Waals surface area contributed by atoms with Crippen LogP contribution in [0.4, 0.5) is 0 Å². The van der Waals surface area contributed by atoms with E-state index in [2.05, 4.69) is 0 Å². The van der Waals surface area contributed by atoms with Crippen LogP contribution in [0, 0.1) is 5.92 Å². The zero-order valence-corrected chi connectivity index (χ0v) is 21.1.